The van der Waals surface area contributed by atoms with E-state index >= 15 is 0 Å². The molecule has 1 aliphatic heterocycles. The SMILES string of the molecule is Cc1cc(N2CCCC2)ccc1NC(=O)CN(C)Cc1cccc(Cl)c1Cl. The fourth-order valence-corrected chi connectivity index (χ4v) is 3.79. The van der Waals surface area contributed by atoms with Gasteiger partial charge in [0.1, 0.15) is 0 Å². The van der Waals surface area contributed by atoms with Gasteiger partial charge in [-0.1, -0.05) is 35.3 Å². The number of nitrogens with one attached hydrogen (secondary N) is 1. The quantitative estimate of drug-likeness (QED) is 0.736. The van der Waals surface area contributed by atoms with Crippen LogP contribution in [-0.2, 0) is 11.3 Å². The van der Waals surface area contributed by atoms with Crippen LogP contribution < -0.4 is 10.2 Å². The van der Waals surface area contributed by atoms with Gasteiger partial charge in [-0.15, -0.1) is 0 Å². The van der Waals surface area contributed by atoms with Gasteiger partial charge in [0.25, 0.3) is 0 Å². The molecule has 3 rings (SSSR count). The monoisotopic (exact) mass is 405 g/mol. The van der Waals surface area contributed by atoms with E-state index in [9.17, 15) is 4.79 Å². The first-order valence-corrected chi connectivity index (χ1v) is 9.96. The summed E-state index contributed by atoms with van der Waals surface area (Å²) in [5.41, 5.74) is 4.08. The van der Waals surface area contributed by atoms with E-state index in [0.717, 1.165) is 29.9 Å². The first kappa shape index (κ1) is 20.0. The fourth-order valence-electron chi connectivity index (χ4n) is 3.41. The van der Waals surface area contributed by atoms with Crippen LogP contribution in [0.15, 0.2) is 36.4 Å². The number of nitrogens with zero attached hydrogens (tertiary/aromatic N) is 2. The highest BCUT2D eigenvalue weighted by Crippen LogP contribution is 2.27. The largest absolute Gasteiger partial charge is 0.372 e. The van der Waals surface area contributed by atoms with Crippen LogP contribution in [-0.4, -0.2) is 37.5 Å². The average molecular weight is 406 g/mol. The molecule has 0 unspecified atom stereocenters. The summed E-state index contributed by atoms with van der Waals surface area (Å²) in [5, 5.41) is 4.08. The maximum Gasteiger partial charge on any atom is 0.238 e. The molecule has 1 fully saturated rings. The third kappa shape index (κ3) is 5.16. The van der Waals surface area contributed by atoms with Crippen molar-refractivity contribution in [3.63, 3.8) is 0 Å². The minimum Gasteiger partial charge on any atom is -0.372 e. The Bertz CT molecular complexity index is 819. The highest BCUT2D eigenvalue weighted by molar-refractivity contribution is 6.42. The molecule has 144 valence electrons. The maximum absolute atomic E-state index is 12.4. The molecular weight excluding hydrogens is 381 g/mol. The normalized spacial score (nSPS) is 14.0. The van der Waals surface area contributed by atoms with Crippen LogP contribution >= 0.6 is 23.2 Å². The summed E-state index contributed by atoms with van der Waals surface area (Å²) in [6.45, 7) is 5.09. The standard InChI is InChI=1S/C21H25Cl2N3O/c1-15-12-17(26-10-3-4-11-26)8-9-19(15)24-20(27)14-25(2)13-16-6-5-7-18(22)21(16)23/h5-9,12H,3-4,10-11,13-14H2,1-2H3,(H,24,27). The smallest absolute Gasteiger partial charge is 0.238 e. The van der Waals surface area contributed by atoms with Crippen molar-refractivity contribution in [2.75, 3.05) is 36.9 Å². The summed E-state index contributed by atoms with van der Waals surface area (Å²) >= 11 is 12.3. The summed E-state index contributed by atoms with van der Waals surface area (Å²) in [7, 11) is 1.89. The lowest BCUT2D eigenvalue weighted by atomic mass is 10.1. The summed E-state index contributed by atoms with van der Waals surface area (Å²) in [5.74, 6) is -0.0485. The zero-order chi connectivity index (χ0) is 19.4. The molecule has 0 radical (unpaired) electrons. The van der Waals surface area contributed by atoms with Gasteiger partial charge in [0.2, 0.25) is 5.91 Å². The minimum atomic E-state index is -0.0485. The number of halogens is 2. The number of hydrogen-bond acceptors (Lipinski definition) is 3. The Hall–Kier alpha value is -1.75. The van der Waals surface area contributed by atoms with Crippen molar-refractivity contribution in [2.45, 2.75) is 26.3 Å². The number of benzene rings is 2. The molecule has 0 spiro atoms. The molecule has 0 bridgehead atoms. The van der Waals surface area contributed by atoms with Gasteiger partial charge in [-0.25, -0.2) is 0 Å². The fraction of sp³-hybridized carbons (Fsp3) is 0.381. The van der Waals surface area contributed by atoms with E-state index in [0.29, 0.717) is 16.6 Å². The van der Waals surface area contributed by atoms with Gasteiger partial charge >= 0.3 is 0 Å². The second-order valence-electron chi connectivity index (χ2n) is 7.13. The van der Waals surface area contributed by atoms with Crippen molar-refractivity contribution in [3.05, 3.63) is 57.6 Å². The first-order valence-electron chi connectivity index (χ1n) is 9.21. The predicted molar refractivity (Wildman–Crippen MR) is 114 cm³/mol. The van der Waals surface area contributed by atoms with Gasteiger partial charge < -0.3 is 10.2 Å². The van der Waals surface area contributed by atoms with Crippen LogP contribution in [0.3, 0.4) is 0 Å². The Morgan fingerprint density at radius 3 is 2.63 bits per heavy atom. The summed E-state index contributed by atoms with van der Waals surface area (Å²) in [6.07, 6.45) is 2.50. The highest BCUT2D eigenvalue weighted by Gasteiger charge is 2.15. The van der Waals surface area contributed by atoms with E-state index in [1.165, 1.54) is 18.5 Å². The molecule has 0 saturated carbocycles. The van der Waals surface area contributed by atoms with Crippen molar-refractivity contribution in [1.29, 1.82) is 0 Å². The zero-order valence-electron chi connectivity index (χ0n) is 15.8. The predicted octanol–water partition coefficient (Wildman–Crippen LogP) is 4.97. The Morgan fingerprint density at radius 1 is 1.19 bits per heavy atom. The summed E-state index contributed by atoms with van der Waals surface area (Å²) in [4.78, 5) is 16.7. The number of carbonyl (C=O) groups is 1. The van der Waals surface area contributed by atoms with E-state index in [2.05, 4.69) is 22.3 Å². The zero-order valence-corrected chi connectivity index (χ0v) is 17.3. The van der Waals surface area contributed by atoms with Gasteiger partial charge in [-0.2, -0.15) is 0 Å². The number of anilines is 2. The van der Waals surface area contributed by atoms with Crippen molar-refractivity contribution < 1.29 is 4.79 Å². The van der Waals surface area contributed by atoms with Gasteiger partial charge in [0.05, 0.1) is 16.6 Å². The van der Waals surface area contributed by atoms with Crippen molar-refractivity contribution in [2.24, 2.45) is 0 Å². The number of likely N-dealkylation sites (N-methyl/N-ethyl adjacent to an activating group) is 1. The van der Waals surface area contributed by atoms with E-state index in [-0.39, 0.29) is 12.5 Å². The van der Waals surface area contributed by atoms with Gasteiger partial charge in [0.15, 0.2) is 0 Å². The third-order valence-corrected chi connectivity index (χ3v) is 5.70. The van der Waals surface area contributed by atoms with Crippen LogP contribution in [0.4, 0.5) is 11.4 Å². The van der Waals surface area contributed by atoms with Crippen molar-refractivity contribution in [3.8, 4) is 0 Å². The Balaban J connectivity index is 1.57. The molecule has 1 amide bonds. The topological polar surface area (TPSA) is 35.6 Å². The maximum atomic E-state index is 12.4. The lowest BCUT2D eigenvalue weighted by molar-refractivity contribution is -0.117. The van der Waals surface area contributed by atoms with Crippen LogP contribution in [0.1, 0.15) is 24.0 Å². The Kier molecular flexibility index (Phi) is 6.64. The van der Waals surface area contributed by atoms with E-state index in [4.69, 9.17) is 23.2 Å². The van der Waals surface area contributed by atoms with Gasteiger partial charge in [0, 0.05) is 31.0 Å². The molecule has 4 nitrogen and oxygen atoms in total. The second kappa shape index (κ2) is 8.96. The molecule has 0 aliphatic carbocycles. The van der Waals surface area contributed by atoms with Crippen molar-refractivity contribution in [1.82, 2.24) is 4.90 Å². The van der Waals surface area contributed by atoms with E-state index < -0.39 is 0 Å². The molecule has 2 aromatic rings. The summed E-state index contributed by atoms with van der Waals surface area (Å²) in [6, 6.07) is 11.8. The third-order valence-electron chi connectivity index (χ3n) is 4.84. The van der Waals surface area contributed by atoms with Crippen LogP contribution in [0.5, 0.6) is 0 Å². The first-order chi connectivity index (χ1) is 12.9. The second-order valence-corrected chi connectivity index (χ2v) is 7.91. The number of carbonyl (C=O) groups excluding carboxylic acids is 1. The Morgan fingerprint density at radius 2 is 1.93 bits per heavy atom. The molecule has 1 saturated heterocycles. The minimum absolute atomic E-state index is 0.0485. The number of hydrogen-bond donors (Lipinski definition) is 1. The molecule has 2 aromatic carbocycles. The molecule has 1 N–H and O–H groups in total. The molecule has 1 heterocycles. The number of amides is 1. The highest BCUT2D eigenvalue weighted by atomic mass is 35.5. The average Bonchev–Trinajstić information content (AvgIpc) is 3.15. The molecule has 0 atom stereocenters. The van der Waals surface area contributed by atoms with Crippen LogP contribution in [0.2, 0.25) is 10.0 Å². The molecule has 1 aliphatic rings. The van der Waals surface area contributed by atoms with Crippen LogP contribution in [0.25, 0.3) is 0 Å². The molecule has 0 aromatic heterocycles. The lowest BCUT2D eigenvalue weighted by Crippen LogP contribution is -2.30. The van der Waals surface area contributed by atoms with Gasteiger partial charge in [-0.05, 0) is 62.2 Å². The Labute approximate surface area is 171 Å². The molecule has 27 heavy (non-hydrogen) atoms. The van der Waals surface area contributed by atoms with Crippen LogP contribution in [0, 0.1) is 6.92 Å². The molecule has 6 heteroatoms. The van der Waals surface area contributed by atoms with E-state index in [1.54, 1.807) is 6.07 Å². The lowest BCUT2D eigenvalue weighted by Gasteiger charge is -2.20. The number of aryl methyl sites for hydroxylation is 1. The van der Waals surface area contributed by atoms with E-state index in [1.807, 2.05) is 37.1 Å². The van der Waals surface area contributed by atoms with Crippen molar-refractivity contribution >= 4 is 40.5 Å². The van der Waals surface area contributed by atoms with Gasteiger partial charge in [-0.3, -0.25) is 9.69 Å². The summed E-state index contributed by atoms with van der Waals surface area (Å²) < 4.78 is 0. The number of rotatable bonds is 6. The molecular formula is C21H25Cl2N3O.